The van der Waals surface area contributed by atoms with Crippen LogP contribution in [0.2, 0.25) is 10.0 Å². The van der Waals surface area contributed by atoms with E-state index in [-0.39, 0.29) is 0 Å². The van der Waals surface area contributed by atoms with E-state index in [0.717, 1.165) is 0 Å². The molecule has 2 aromatic rings. The molecule has 1 aromatic carbocycles. The molecule has 0 fully saturated rings. The summed E-state index contributed by atoms with van der Waals surface area (Å²) in [6.45, 7) is 4.66. The highest BCUT2D eigenvalue weighted by Crippen LogP contribution is 2.33. The fourth-order valence-corrected chi connectivity index (χ4v) is 2.12. The molecule has 0 saturated carbocycles. The Morgan fingerprint density at radius 1 is 1.19 bits per heavy atom. The van der Waals surface area contributed by atoms with Crippen molar-refractivity contribution in [2.24, 2.45) is 5.92 Å². The van der Waals surface area contributed by atoms with Gasteiger partial charge in [-0.2, -0.15) is 4.98 Å². The second-order valence-electron chi connectivity index (χ2n) is 5.02. The number of ether oxygens (including phenoxy) is 1. The number of nitrogens with two attached hydrogens (primary N) is 1. The Bertz CT molecular complexity index is 612. The smallest absolute Gasteiger partial charge is 0.239 e. The second kappa shape index (κ2) is 6.87. The van der Waals surface area contributed by atoms with Crippen molar-refractivity contribution in [3.8, 4) is 5.88 Å². The molecule has 0 bridgehead atoms. The van der Waals surface area contributed by atoms with Crippen molar-refractivity contribution in [3.05, 3.63) is 40.4 Å². The zero-order valence-corrected chi connectivity index (χ0v) is 13.4. The number of rotatable bonds is 5. The number of aromatic nitrogens is 1. The third-order valence-electron chi connectivity index (χ3n) is 2.66. The lowest BCUT2D eigenvalue weighted by molar-refractivity contribution is 0.263. The van der Waals surface area contributed by atoms with Gasteiger partial charge < -0.3 is 15.8 Å². The number of anilines is 3. The van der Waals surface area contributed by atoms with Crippen LogP contribution >= 0.6 is 23.2 Å². The average Bonchev–Trinajstić information content (AvgIpc) is 2.43. The van der Waals surface area contributed by atoms with Gasteiger partial charge in [0.25, 0.3) is 0 Å². The molecule has 21 heavy (non-hydrogen) atoms. The molecule has 0 aliphatic heterocycles. The Morgan fingerprint density at radius 2 is 1.86 bits per heavy atom. The summed E-state index contributed by atoms with van der Waals surface area (Å²) in [6.07, 6.45) is 0. The van der Waals surface area contributed by atoms with E-state index in [2.05, 4.69) is 24.1 Å². The van der Waals surface area contributed by atoms with E-state index in [0.29, 0.717) is 45.6 Å². The van der Waals surface area contributed by atoms with E-state index in [1.807, 2.05) is 0 Å². The van der Waals surface area contributed by atoms with Crippen molar-refractivity contribution >= 4 is 40.4 Å². The summed E-state index contributed by atoms with van der Waals surface area (Å²) < 4.78 is 5.59. The minimum Gasteiger partial charge on any atom is -0.476 e. The van der Waals surface area contributed by atoms with Crippen LogP contribution in [0.1, 0.15) is 13.8 Å². The third-order valence-corrected chi connectivity index (χ3v) is 3.29. The highest BCUT2D eigenvalue weighted by atomic mass is 35.5. The van der Waals surface area contributed by atoms with Crippen molar-refractivity contribution < 1.29 is 4.74 Å². The van der Waals surface area contributed by atoms with E-state index in [9.17, 15) is 0 Å². The summed E-state index contributed by atoms with van der Waals surface area (Å²) >= 11 is 12.2. The number of halogens is 2. The average molecular weight is 326 g/mol. The van der Waals surface area contributed by atoms with E-state index < -0.39 is 0 Å². The quantitative estimate of drug-likeness (QED) is 0.832. The van der Waals surface area contributed by atoms with Gasteiger partial charge in [0.15, 0.2) is 0 Å². The lowest BCUT2D eigenvalue weighted by Gasteiger charge is -2.13. The molecule has 0 radical (unpaired) electrons. The molecular weight excluding hydrogens is 309 g/mol. The molecule has 1 heterocycles. The summed E-state index contributed by atoms with van der Waals surface area (Å²) in [5.41, 5.74) is 6.96. The molecule has 1 aromatic heterocycles. The van der Waals surface area contributed by atoms with Crippen LogP contribution in [0.15, 0.2) is 30.3 Å². The number of para-hydroxylation sites is 1. The van der Waals surface area contributed by atoms with Gasteiger partial charge in [0.1, 0.15) is 5.82 Å². The van der Waals surface area contributed by atoms with Gasteiger partial charge in [-0.1, -0.05) is 43.1 Å². The normalized spacial score (nSPS) is 10.7. The van der Waals surface area contributed by atoms with Crippen LogP contribution in [-0.4, -0.2) is 11.6 Å². The number of nitrogens with zero attached hydrogens (tertiary/aromatic N) is 1. The first-order valence-corrected chi connectivity index (χ1v) is 7.33. The van der Waals surface area contributed by atoms with Gasteiger partial charge in [0, 0.05) is 0 Å². The van der Waals surface area contributed by atoms with Crippen LogP contribution in [0, 0.1) is 5.92 Å². The first kappa shape index (κ1) is 15.7. The first-order valence-electron chi connectivity index (χ1n) is 6.57. The molecule has 4 nitrogen and oxygen atoms in total. The van der Waals surface area contributed by atoms with Gasteiger partial charge in [-0.05, 0) is 30.2 Å². The monoisotopic (exact) mass is 325 g/mol. The van der Waals surface area contributed by atoms with Gasteiger partial charge in [0.05, 0.1) is 28.0 Å². The van der Waals surface area contributed by atoms with E-state index in [1.165, 1.54) is 0 Å². The number of hydrogen-bond donors (Lipinski definition) is 2. The maximum Gasteiger partial charge on any atom is 0.239 e. The van der Waals surface area contributed by atoms with Crippen molar-refractivity contribution in [2.75, 3.05) is 17.7 Å². The lowest BCUT2D eigenvalue weighted by Crippen LogP contribution is -2.08. The molecule has 0 amide bonds. The SMILES string of the molecule is CC(C)COc1nc(Nc2c(Cl)cccc2Cl)ccc1N. The fourth-order valence-electron chi connectivity index (χ4n) is 1.63. The fraction of sp³-hybridized carbons (Fsp3) is 0.267. The maximum atomic E-state index is 6.12. The molecule has 0 atom stereocenters. The Labute approximate surface area is 134 Å². The predicted molar refractivity (Wildman–Crippen MR) is 88.7 cm³/mol. The molecule has 2 rings (SSSR count). The Morgan fingerprint density at radius 3 is 2.48 bits per heavy atom. The van der Waals surface area contributed by atoms with Crippen molar-refractivity contribution in [1.82, 2.24) is 4.98 Å². The van der Waals surface area contributed by atoms with Crippen molar-refractivity contribution in [3.63, 3.8) is 0 Å². The van der Waals surface area contributed by atoms with Crippen molar-refractivity contribution in [1.29, 1.82) is 0 Å². The van der Waals surface area contributed by atoms with Gasteiger partial charge in [-0.15, -0.1) is 0 Å². The summed E-state index contributed by atoms with van der Waals surface area (Å²) in [4.78, 5) is 4.35. The molecule has 0 aliphatic rings. The van der Waals surface area contributed by atoms with E-state index in [1.54, 1.807) is 30.3 Å². The summed E-state index contributed by atoms with van der Waals surface area (Å²) in [5.74, 6) is 1.36. The van der Waals surface area contributed by atoms with Crippen LogP contribution in [0.5, 0.6) is 5.88 Å². The maximum absolute atomic E-state index is 6.12. The Balaban J connectivity index is 2.23. The molecule has 112 valence electrons. The zero-order valence-electron chi connectivity index (χ0n) is 11.9. The predicted octanol–water partition coefficient (Wildman–Crippen LogP) is 4.75. The molecular formula is C15H17Cl2N3O. The zero-order chi connectivity index (χ0) is 15.4. The highest BCUT2D eigenvalue weighted by molar-refractivity contribution is 6.39. The summed E-state index contributed by atoms with van der Waals surface area (Å²) in [5, 5.41) is 4.12. The van der Waals surface area contributed by atoms with Crippen LogP contribution in [-0.2, 0) is 0 Å². The van der Waals surface area contributed by atoms with Gasteiger partial charge in [-0.3, -0.25) is 0 Å². The highest BCUT2D eigenvalue weighted by Gasteiger charge is 2.09. The molecule has 6 heteroatoms. The third kappa shape index (κ3) is 4.16. The first-order chi connectivity index (χ1) is 9.97. The van der Waals surface area contributed by atoms with Crippen LogP contribution in [0.25, 0.3) is 0 Å². The van der Waals surface area contributed by atoms with Crippen LogP contribution in [0.4, 0.5) is 17.2 Å². The second-order valence-corrected chi connectivity index (χ2v) is 5.83. The molecule has 3 N–H and O–H groups in total. The topological polar surface area (TPSA) is 60.2 Å². The summed E-state index contributed by atoms with van der Waals surface area (Å²) in [6, 6.07) is 8.77. The largest absolute Gasteiger partial charge is 0.476 e. The van der Waals surface area contributed by atoms with Crippen LogP contribution < -0.4 is 15.8 Å². The summed E-state index contributed by atoms with van der Waals surface area (Å²) in [7, 11) is 0. The van der Waals surface area contributed by atoms with Gasteiger partial charge >= 0.3 is 0 Å². The molecule has 0 spiro atoms. The number of nitrogens with one attached hydrogen (secondary N) is 1. The molecule has 0 aliphatic carbocycles. The standard InChI is InChI=1S/C15H17Cl2N3O/c1-9(2)8-21-15-12(18)6-7-13(20-15)19-14-10(16)4-3-5-11(14)17/h3-7,9H,8,18H2,1-2H3,(H,19,20). The minimum absolute atomic E-state index is 0.390. The van der Waals surface area contributed by atoms with Crippen molar-refractivity contribution in [2.45, 2.75) is 13.8 Å². The van der Waals surface area contributed by atoms with Crippen LogP contribution in [0.3, 0.4) is 0 Å². The van der Waals surface area contributed by atoms with Gasteiger partial charge in [-0.25, -0.2) is 0 Å². The lowest BCUT2D eigenvalue weighted by atomic mass is 10.2. The van der Waals surface area contributed by atoms with E-state index >= 15 is 0 Å². The molecule has 0 saturated heterocycles. The Kier molecular flexibility index (Phi) is 5.15. The Hall–Kier alpha value is -1.65. The number of benzene rings is 1. The number of nitrogen functional groups attached to an aromatic ring is 1. The number of hydrogen-bond acceptors (Lipinski definition) is 4. The number of pyridine rings is 1. The van der Waals surface area contributed by atoms with Gasteiger partial charge in [0.2, 0.25) is 5.88 Å². The van der Waals surface area contributed by atoms with E-state index in [4.69, 9.17) is 33.7 Å². The molecule has 0 unspecified atom stereocenters. The minimum atomic E-state index is 0.390.